The smallest absolute Gasteiger partial charge is 0.339 e. The molecule has 0 aliphatic rings. The number of aromatic carboxylic acids is 1. The lowest BCUT2D eigenvalue weighted by molar-refractivity contribution is 0.0696. The third-order valence-corrected chi connectivity index (χ3v) is 3.15. The molecular weight excluding hydrogens is 271 g/mol. The molecule has 0 aliphatic carbocycles. The number of carboxylic acid groups (broad SMARTS) is 1. The fourth-order valence-corrected chi connectivity index (χ4v) is 2.10. The summed E-state index contributed by atoms with van der Waals surface area (Å²) < 4.78 is 13.3. The van der Waals surface area contributed by atoms with Gasteiger partial charge in [0.15, 0.2) is 0 Å². The summed E-state index contributed by atoms with van der Waals surface area (Å²) in [6, 6.07) is 10.7. The Balaban J connectivity index is 2.41. The molecule has 21 heavy (non-hydrogen) atoms. The van der Waals surface area contributed by atoms with E-state index in [9.17, 15) is 14.3 Å². The van der Waals surface area contributed by atoms with Gasteiger partial charge in [-0.05, 0) is 25.5 Å². The molecule has 0 radical (unpaired) electrons. The van der Waals surface area contributed by atoms with Crippen molar-refractivity contribution in [2.45, 2.75) is 26.4 Å². The third-order valence-electron chi connectivity index (χ3n) is 3.15. The molecule has 110 valence electrons. The fraction of sp³-hybridized carbons (Fsp3) is 0.250. The zero-order valence-electron chi connectivity index (χ0n) is 12.0. The van der Waals surface area contributed by atoms with Crippen LogP contribution in [0.2, 0.25) is 0 Å². The minimum absolute atomic E-state index is 0.0290. The van der Waals surface area contributed by atoms with Crippen LogP contribution in [0.3, 0.4) is 0 Å². The number of carboxylic acids is 1. The molecule has 0 saturated heterocycles. The number of aromatic nitrogens is 1. The second-order valence-corrected chi connectivity index (χ2v) is 5.04. The fourth-order valence-electron chi connectivity index (χ4n) is 2.10. The molecule has 0 bridgehead atoms. The highest BCUT2D eigenvalue weighted by atomic mass is 19.1. The second kappa shape index (κ2) is 6.35. The molecule has 1 aromatic heterocycles. The maximum atomic E-state index is 13.3. The number of halogens is 1. The Hall–Kier alpha value is -2.43. The van der Waals surface area contributed by atoms with Crippen molar-refractivity contribution in [1.82, 2.24) is 4.98 Å². The first-order valence-electron chi connectivity index (χ1n) is 6.68. The Morgan fingerprint density at radius 3 is 2.57 bits per heavy atom. The first-order valence-corrected chi connectivity index (χ1v) is 6.68. The van der Waals surface area contributed by atoms with E-state index >= 15 is 0 Å². The lowest BCUT2D eigenvalue weighted by Gasteiger charge is -2.29. The number of benzene rings is 1. The van der Waals surface area contributed by atoms with E-state index in [1.165, 1.54) is 0 Å². The number of pyridine rings is 1. The molecule has 1 aromatic carbocycles. The van der Waals surface area contributed by atoms with Crippen molar-refractivity contribution in [3.63, 3.8) is 0 Å². The summed E-state index contributed by atoms with van der Waals surface area (Å²) in [5.74, 6) is -1.56. The normalized spacial score (nSPS) is 10.7. The first-order chi connectivity index (χ1) is 9.99. The van der Waals surface area contributed by atoms with Crippen molar-refractivity contribution in [1.29, 1.82) is 0 Å². The SMILES string of the molecule is CC(C)N(Cc1ccccc1)c1ncc(F)cc1C(=O)O. The number of hydrogen-bond acceptors (Lipinski definition) is 3. The molecule has 1 N–H and O–H groups in total. The monoisotopic (exact) mass is 288 g/mol. The van der Waals surface area contributed by atoms with Gasteiger partial charge < -0.3 is 10.0 Å². The summed E-state index contributed by atoms with van der Waals surface area (Å²) in [5, 5.41) is 9.25. The van der Waals surface area contributed by atoms with Crippen molar-refractivity contribution in [3.8, 4) is 0 Å². The Morgan fingerprint density at radius 1 is 1.33 bits per heavy atom. The van der Waals surface area contributed by atoms with Crippen molar-refractivity contribution in [2.75, 3.05) is 4.90 Å². The van der Waals surface area contributed by atoms with Crippen molar-refractivity contribution in [2.24, 2.45) is 0 Å². The summed E-state index contributed by atoms with van der Waals surface area (Å²) in [4.78, 5) is 17.2. The number of rotatable bonds is 5. The summed E-state index contributed by atoms with van der Waals surface area (Å²) >= 11 is 0. The van der Waals surface area contributed by atoms with E-state index in [2.05, 4.69) is 4.98 Å². The standard InChI is InChI=1S/C16H17FN2O2/c1-11(2)19(10-12-6-4-3-5-7-12)15-14(16(20)21)8-13(17)9-18-15/h3-9,11H,10H2,1-2H3,(H,20,21). The zero-order chi connectivity index (χ0) is 15.4. The summed E-state index contributed by atoms with van der Waals surface area (Å²) in [6.07, 6.45) is 1.04. The summed E-state index contributed by atoms with van der Waals surface area (Å²) in [6.45, 7) is 4.40. The maximum Gasteiger partial charge on any atom is 0.339 e. The molecule has 1 heterocycles. The van der Waals surface area contributed by atoms with Gasteiger partial charge in [0, 0.05) is 12.6 Å². The highest BCUT2D eigenvalue weighted by Gasteiger charge is 2.21. The molecule has 2 rings (SSSR count). The number of anilines is 1. The van der Waals surface area contributed by atoms with E-state index in [0.717, 1.165) is 17.8 Å². The maximum absolute atomic E-state index is 13.3. The number of carbonyl (C=O) groups is 1. The van der Waals surface area contributed by atoms with Crippen molar-refractivity contribution >= 4 is 11.8 Å². The second-order valence-electron chi connectivity index (χ2n) is 5.04. The zero-order valence-corrected chi connectivity index (χ0v) is 12.0. The van der Waals surface area contributed by atoms with E-state index < -0.39 is 11.8 Å². The molecule has 5 heteroatoms. The Bertz CT molecular complexity index is 629. The van der Waals surface area contributed by atoms with Crippen LogP contribution in [0, 0.1) is 5.82 Å². The minimum atomic E-state index is -1.18. The van der Waals surface area contributed by atoms with Crippen LogP contribution < -0.4 is 4.90 Å². The molecule has 0 unspecified atom stereocenters. The number of nitrogens with zero attached hydrogens (tertiary/aromatic N) is 2. The molecule has 0 fully saturated rings. The van der Waals surface area contributed by atoms with Gasteiger partial charge in [0.2, 0.25) is 0 Å². The molecule has 0 atom stereocenters. The molecule has 2 aromatic rings. The van der Waals surface area contributed by atoms with Gasteiger partial charge in [-0.2, -0.15) is 0 Å². The predicted molar refractivity (Wildman–Crippen MR) is 78.9 cm³/mol. The van der Waals surface area contributed by atoms with Crippen molar-refractivity contribution in [3.05, 3.63) is 59.5 Å². The highest BCUT2D eigenvalue weighted by molar-refractivity contribution is 5.93. The molecule has 0 spiro atoms. The van der Waals surface area contributed by atoms with Gasteiger partial charge in [0.25, 0.3) is 0 Å². The van der Waals surface area contributed by atoms with Crippen LogP contribution in [-0.4, -0.2) is 22.1 Å². The molecular formula is C16H17FN2O2. The molecule has 0 aliphatic heterocycles. The predicted octanol–water partition coefficient (Wildman–Crippen LogP) is 3.33. The molecule has 0 amide bonds. The van der Waals surface area contributed by atoms with Crippen LogP contribution in [0.15, 0.2) is 42.6 Å². The van der Waals surface area contributed by atoms with Gasteiger partial charge in [-0.1, -0.05) is 30.3 Å². The largest absolute Gasteiger partial charge is 0.478 e. The Morgan fingerprint density at radius 2 is 2.00 bits per heavy atom. The Kier molecular flexibility index (Phi) is 4.52. The number of hydrogen-bond donors (Lipinski definition) is 1. The average molecular weight is 288 g/mol. The first kappa shape index (κ1) is 15.0. The van der Waals surface area contributed by atoms with Gasteiger partial charge >= 0.3 is 5.97 Å². The highest BCUT2D eigenvalue weighted by Crippen LogP contribution is 2.23. The van der Waals surface area contributed by atoms with E-state index in [-0.39, 0.29) is 17.4 Å². The lowest BCUT2D eigenvalue weighted by atomic mass is 10.1. The van der Waals surface area contributed by atoms with Gasteiger partial charge in [0.05, 0.1) is 6.20 Å². The minimum Gasteiger partial charge on any atom is -0.478 e. The van der Waals surface area contributed by atoms with Crippen LogP contribution in [0.4, 0.5) is 10.2 Å². The average Bonchev–Trinajstić information content (AvgIpc) is 2.46. The van der Waals surface area contributed by atoms with Crippen LogP contribution in [0.25, 0.3) is 0 Å². The topological polar surface area (TPSA) is 53.4 Å². The van der Waals surface area contributed by atoms with E-state index in [4.69, 9.17) is 0 Å². The van der Waals surface area contributed by atoms with Crippen molar-refractivity contribution < 1.29 is 14.3 Å². The van der Waals surface area contributed by atoms with Crippen LogP contribution >= 0.6 is 0 Å². The lowest BCUT2D eigenvalue weighted by Crippen LogP contribution is -2.32. The van der Waals surface area contributed by atoms with Crippen LogP contribution in [0.1, 0.15) is 29.8 Å². The quantitative estimate of drug-likeness (QED) is 0.917. The van der Waals surface area contributed by atoms with Crippen LogP contribution in [-0.2, 0) is 6.54 Å². The third kappa shape index (κ3) is 3.56. The summed E-state index contributed by atoms with van der Waals surface area (Å²) in [7, 11) is 0. The van der Waals surface area contributed by atoms with Gasteiger partial charge in [-0.25, -0.2) is 14.2 Å². The van der Waals surface area contributed by atoms with Gasteiger partial charge in [-0.3, -0.25) is 0 Å². The Labute approximate surface area is 122 Å². The summed E-state index contributed by atoms with van der Waals surface area (Å²) in [5.41, 5.74) is 0.910. The van der Waals surface area contributed by atoms with Gasteiger partial charge in [0.1, 0.15) is 17.2 Å². The molecule has 0 saturated carbocycles. The van der Waals surface area contributed by atoms with E-state index in [0.29, 0.717) is 6.54 Å². The van der Waals surface area contributed by atoms with Gasteiger partial charge in [-0.15, -0.1) is 0 Å². The van der Waals surface area contributed by atoms with Crippen LogP contribution in [0.5, 0.6) is 0 Å². The van der Waals surface area contributed by atoms with E-state index in [1.807, 2.05) is 49.1 Å². The van der Waals surface area contributed by atoms with E-state index in [1.54, 1.807) is 0 Å². The molecule has 4 nitrogen and oxygen atoms in total.